The van der Waals surface area contributed by atoms with Gasteiger partial charge in [0, 0.05) is 35.8 Å². The van der Waals surface area contributed by atoms with Gasteiger partial charge in [-0.25, -0.2) is 4.68 Å². The lowest BCUT2D eigenvalue weighted by Crippen LogP contribution is -2.19. The summed E-state index contributed by atoms with van der Waals surface area (Å²) in [7, 11) is 1.33. The normalized spacial score (nSPS) is 11.9. The van der Waals surface area contributed by atoms with Gasteiger partial charge in [0.1, 0.15) is 5.78 Å². The van der Waals surface area contributed by atoms with Crippen molar-refractivity contribution in [3.63, 3.8) is 0 Å². The lowest BCUT2D eigenvalue weighted by atomic mass is 9.92. The van der Waals surface area contributed by atoms with Gasteiger partial charge >= 0.3 is 5.97 Å². The number of ketones is 1. The molecule has 1 atom stereocenters. The Hall–Kier alpha value is -3.87. The van der Waals surface area contributed by atoms with Crippen LogP contribution in [-0.2, 0) is 20.7 Å². The Kier molecular flexibility index (Phi) is 5.84. The Balaban J connectivity index is 1.53. The van der Waals surface area contributed by atoms with Crippen LogP contribution in [0.25, 0.3) is 16.6 Å². The Morgan fingerprint density at radius 1 is 1.06 bits per heavy atom. The first-order valence-corrected chi connectivity index (χ1v) is 9.95. The molecule has 0 saturated carbocycles. The van der Waals surface area contributed by atoms with Gasteiger partial charge in [0.25, 0.3) is 0 Å². The number of aromatic nitrogens is 4. The molecule has 4 rings (SSSR count). The molecule has 1 aromatic carbocycles. The molecular formula is C24H22N4O3. The van der Waals surface area contributed by atoms with E-state index < -0.39 is 11.9 Å². The first-order valence-electron chi connectivity index (χ1n) is 9.95. The van der Waals surface area contributed by atoms with Crippen LogP contribution in [0.15, 0.2) is 67.1 Å². The fourth-order valence-corrected chi connectivity index (χ4v) is 3.60. The number of ether oxygens (including phenoxy) is 1. The van der Waals surface area contributed by atoms with Gasteiger partial charge in [0.15, 0.2) is 0 Å². The number of benzene rings is 1. The third-order valence-corrected chi connectivity index (χ3v) is 5.13. The molecule has 0 fully saturated rings. The first-order chi connectivity index (χ1) is 15.0. The molecule has 0 saturated heterocycles. The van der Waals surface area contributed by atoms with Crippen LogP contribution < -0.4 is 0 Å². The number of Topliss-reactive ketones (excluding diaryl/α,β-unsaturated/α-hetero) is 1. The van der Waals surface area contributed by atoms with E-state index in [0.717, 1.165) is 27.8 Å². The topological polar surface area (TPSA) is 87.0 Å². The lowest BCUT2D eigenvalue weighted by molar-refractivity contribution is -0.143. The summed E-state index contributed by atoms with van der Waals surface area (Å²) in [4.78, 5) is 33.6. The molecular weight excluding hydrogens is 392 g/mol. The number of pyridine rings is 2. The highest BCUT2D eigenvalue weighted by Crippen LogP contribution is 2.23. The van der Waals surface area contributed by atoms with E-state index in [4.69, 9.17) is 4.74 Å². The van der Waals surface area contributed by atoms with E-state index in [1.807, 2.05) is 55.5 Å². The van der Waals surface area contributed by atoms with Crippen LogP contribution in [0.5, 0.6) is 0 Å². The Morgan fingerprint density at radius 3 is 2.61 bits per heavy atom. The summed E-state index contributed by atoms with van der Waals surface area (Å²) < 4.78 is 6.70. The number of carbonyl (C=O) groups is 2. The Bertz CT molecular complexity index is 1230. The SMILES string of the molecule is COC(=O)[C@@H](CC(=O)Cc1cc2cnn(-c3ccnc(C)c3)c2cn1)c1ccccc1. The average molecular weight is 414 g/mol. The highest BCUT2D eigenvalue weighted by molar-refractivity contribution is 5.89. The van der Waals surface area contributed by atoms with Crippen molar-refractivity contribution < 1.29 is 14.3 Å². The molecule has 0 radical (unpaired) electrons. The minimum atomic E-state index is -0.625. The second-order valence-corrected chi connectivity index (χ2v) is 7.35. The average Bonchev–Trinajstić information content (AvgIpc) is 3.21. The maximum atomic E-state index is 12.7. The van der Waals surface area contributed by atoms with E-state index in [1.165, 1.54) is 7.11 Å². The summed E-state index contributed by atoms with van der Waals surface area (Å²) >= 11 is 0. The van der Waals surface area contributed by atoms with Crippen LogP contribution in [0, 0.1) is 6.92 Å². The largest absolute Gasteiger partial charge is 0.469 e. The first kappa shape index (κ1) is 20.4. The summed E-state index contributed by atoms with van der Waals surface area (Å²) in [5.74, 6) is -1.12. The zero-order valence-corrected chi connectivity index (χ0v) is 17.4. The van der Waals surface area contributed by atoms with Gasteiger partial charge in [-0.05, 0) is 30.7 Å². The standard InChI is InChI=1S/C24H22N4O3/c1-16-10-20(8-9-25-16)28-23-15-26-19(11-18(23)14-27-28)12-21(29)13-22(24(30)31-2)17-6-4-3-5-7-17/h3-11,14-15,22H,12-13H2,1-2H3/t22-/m0/s1. The Morgan fingerprint density at radius 2 is 1.87 bits per heavy atom. The van der Waals surface area contributed by atoms with E-state index in [9.17, 15) is 9.59 Å². The maximum Gasteiger partial charge on any atom is 0.313 e. The molecule has 7 nitrogen and oxygen atoms in total. The molecule has 156 valence electrons. The van der Waals surface area contributed by atoms with E-state index in [-0.39, 0.29) is 18.6 Å². The number of nitrogens with zero attached hydrogens (tertiary/aromatic N) is 4. The Labute approximate surface area is 179 Å². The lowest BCUT2D eigenvalue weighted by Gasteiger charge is -2.14. The number of hydrogen-bond donors (Lipinski definition) is 0. The van der Waals surface area contributed by atoms with Crippen molar-refractivity contribution in [2.75, 3.05) is 7.11 Å². The quantitative estimate of drug-likeness (QED) is 0.430. The molecule has 4 aromatic rings. The van der Waals surface area contributed by atoms with Crippen molar-refractivity contribution in [2.45, 2.75) is 25.7 Å². The van der Waals surface area contributed by atoms with E-state index >= 15 is 0 Å². The number of methoxy groups -OCH3 is 1. The van der Waals surface area contributed by atoms with Crippen LogP contribution in [0.1, 0.15) is 29.3 Å². The number of esters is 1. The smallest absolute Gasteiger partial charge is 0.313 e. The zero-order chi connectivity index (χ0) is 21.8. The van der Waals surface area contributed by atoms with Gasteiger partial charge in [-0.1, -0.05) is 30.3 Å². The van der Waals surface area contributed by atoms with Crippen molar-refractivity contribution in [1.29, 1.82) is 0 Å². The maximum absolute atomic E-state index is 12.7. The summed E-state index contributed by atoms with van der Waals surface area (Å²) in [5.41, 5.74) is 4.05. The number of aryl methyl sites for hydroxylation is 1. The third-order valence-electron chi connectivity index (χ3n) is 5.13. The highest BCUT2D eigenvalue weighted by atomic mass is 16.5. The molecule has 0 aliphatic rings. The minimum absolute atomic E-state index is 0.0615. The number of fused-ring (bicyclic) bond motifs is 1. The molecule has 31 heavy (non-hydrogen) atoms. The molecule has 0 bridgehead atoms. The number of rotatable bonds is 7. The molecule has 3 heterocycles. The third kappa shape index (κ3) is 4.50. The van der Waals surface area contributed by atoms with Gasteiger partial charge in [0.2, 0.25) is 0 Å². The second-order valence-electron chi connectivity index (χ2n) is 7.35. The fraction of sp³-hybridized carbons (Fsp3) is 0.208. The fourth-order valence-electron chi connectivity index (χ4n) is 3.60. The van der Waals surface area contributed by atoms with Crippen LogP contribution >= 0.6 is 0 Å². The van der Waals surface area contributed by atoms with Crippen molar-refractivity contribution in [2.24, 2.45) is 0 Å². The van der Waals surface area contributed by atoms with Crippen molar-refractivity contribution in [3.05, 3.63) is 84.1 Å². The van der Waals surface area contributed by atoms with Crippen LogP contribution in [0.3, 0.4) is 0 Å². The summed E-state index contributed by atoms with van der Waals surface area (Å²) in [5, 5.41) is 5.34. The number of hydrogen-bond acceptors (Lipinski definition) is 6. The van der Waals surface area contributed by atoms with Crippen LogP contribution in [0.4, 0.5) is 0 Å². The second kappa shape index (κ2) is 8.87. The van der Waals surface area contributed by atoms with Gasteiger partial charge in [-0.3, -0.25) is 19.6 Å². The monoisotopic (exact) mass is 414 g/mol. The van der Waals surface area contributed by atoms with Crippen molar-refractivity contribution in [1.82, 2.24) is 19.7 Å². The summed E-state index contributed by atoms with van der Waals surface area (Å²) in [6.07, 6.45) is 5.41. The van der Waals surface area contributed by atoms with Crippen LogP contribution in [0.2, 0.25) is 0 Å². The molecule has 0 aliphatic heterocycles. The van der Waals surface area contributed by atoms with Gasteiger partial charge in [-0.15, -0.1) is 0 Å². The molecule has 0 unspecified atom stereocenters. The van der Waals surface area contributed by atoms with Gasteiger partial charge < -0.3 is 4.74 Å². The zero-order valence-electron chi connectivity index (χ0n) is 17.4. The molecule has 0 N–H and O–H groups in total. The molecule has 0 aliphatic carbocycles. The van der Waals surface area contributed by atoms with E-state index in [0.29, 0.717) is 5.69 Å². The van der Waals surface area contributed by atoms with Gasteiger partial charge in [-0.2, -0.15) is 5.10 Å². The molecule has 7 heteroatoms. The predicted octanol–water partition coefficient (Wildman–Crippen LogP) is 3.58. The number of carbonyl (C=O) groups excluding carboxylic acids is 2. The molecule has 0 amide bonds. The van der Waals surface area contributed by atoms with Gasteiger partial charge in [0.05, 0.1) is 36.6 Å². The highest BCUT2D eigenvalue weighted by Gasteiger charge is 2.24. The van der Waals surface area contributed by atoms with E-state index in [2.05, 4.69) is 15.1 Å². The van der Waals surface area contributed by atoms with Crippen molar-refractivity contribution in [3.8, 4) is 5.69 Å². The molecule has 0 spiro atoms. The van der Waals surface area contributed by atoms with Crippen molar-refractivity contribution >= 4 is 22.7 Å². The summed E-state index contributed by atoms with van der Waals surface area (Å²) in [6, 6.07) is 14.9. The predicted molar refractivity (Wildman–Crippen MR) is 116 cm³/mol. The van der Waals surface area contributed by atoms with E-state index in [1.54, 1.807) is 23.3 Å². The minimum Gasteiger partial charge on any atom is -0.469 e. The van der Waals surface area contributed by atoms with Crippen LogP contribution in [-0.4, -0.2) is 38.6 Å². The molecule has 3 aromatic heterocycles. The summed E-state index contributed by atoms with van der Waals surface area (Å²) in [6.45, 7) is 1.92.